The molecule has 1 fully saturated rings. The van der Waals surface area contributed by atoms with Crippen LogP contribution < -0.4 is 10.6 Å². The van der Waals surface area contributed by atoms with E-state index in [9.17, 15) is 36.4 Å². The van der Waals surface area contributed by atoms with Crippen LogP contribution in [0.1, 0.15) is 34.0 Å². The van der Waals surface area contributed by atoms with Gasteiger partial charge in [0.25, 0.3) is 5.91 Å². The Morgan fingerprint density at radius 2 is 1.82 bits per heavy atom. The number of nitrogens with two attached hydrogens (primary N) is 1. The first-order chi connectivity index (χ1) is 18.1. The van der Waals surface area contributed by atoms with Crippen LogP contribution in [0.5, 0.6) is 0 Å². The highest BCUT2D eigenvalue weighted by Crippen LogP contribution is 2.41. The Bertz CT molecular complexity index is 1450. The summed E-state index contributed by atoms with van der Waals surface area (Å²) in [7, 11) is -2.73. The molecular formula is C24H25ClF3N5O5S. The zero-order valence-electron chi connectivity index (χ0n) is 20.9. The molecule has 2 amide bonds. The van der Waals surface area contributed by atoms with Crippen molar-refractivity contribution in [1.29, 1.82) is 5.26 Å². The average Bonchev–Trinajstić information content (AvgIpc) is 2.89. The number of anilines is 2. The van der Waals surface area contributed by atoms with Crippen LogP contribution in [0, 0.1) is 11.3 Å². The Labute approximate surface area is 227 Å². The number of nitrogen functional groups attached to an aromatic ring is 1. The molecule has 3 rings (SSSR count). The van der Waals surface area contributed by atoms with Gasteiger partial charge in [-0.15, -0.1) is 0 Å². The van der Waals surface area contributed by atoms with Gasteiger partial charge in [0.2, 0.25) is 0 Å². The highest BCUT2D eigenvalue weighted by Gasteiger charge is 2.38. The van der Waals surface area contributed by atoms with Gasteiger partial charge >= 0.3 is 12.3 Å². The second-order valence-corrected chi connectivity index (χ2v) is 11.4. The predicted molar refractivity (Wildman–Crippen MR) is 137 cm³/mol. The van der Waals surface area contributed by atoms with Gasteiger partial charge in [0, 0.05) is 39.8 Å². The Morgan fingerprint density at radius 3 is 2.33 bits per heavy atom. The largest absolute Gasteiger partial charge is 0.465 e. The van der Waals surface area contributed by atoms with Crippen molar-refractivity contribution in [3.8, 4) is 6.07 Å². The fourth-order valence-electron chi connectivity index (χ4n) is 4.17. The number of halogens is 4. The molecule has 1 saturated heterocycles. The number of amides is 2. The zero-order valence-corrected chi connectivity index (χ0v) is 22.5. The summed E-state index contributed by atoms with van der Waals surface area (Å²) >= 11 is 6.31. The van der Waals surface area contributed by atoms with Crippen LogP contribution in [0.4, 0.5) is 29.3 Å². The van der Waals surface area contributed by atoms with Gasteiger partial charge in [-0.2, -0.15) is 18.4 Å². The van der Waals surface area contributed by atoms with Crippen LogP contribution in [0.3, 0.4) is 0 Å². The van der Waals surface area contributed by atoms with Crippen molar-refractivity contribution in [2.75, 3.05) is 49.6 Å². The molecule has 0 bridgehead atoms. The summed E-state index contributed by atoms with van der Waals surface area (Å²) in [6, 6.07) is 5.96. The SMILES string of the molecule is CCS(=O)(=O)c1ccc(C#N)cc1N(C)C(=O)c1cc(C(F)(F)F)c(CN2CCN(C(=O)O)CC2)c(Cl)c1N. The van der Waals surface area contributed by atoms with Crippen molar-refractivity contribution in [2.45, 2.75) is 24.5 Å². The summed E-state index contributed by atoms with van der Waals surface area (Å²) in [5, 5.41) is 17.9. The molecule has 0 aliphatic carbocycles. The number of nitriles is 1. The summed E-state index contributed by atoms with van der Waals surface area (Å²) in [6.45, 7) is 1.59. The Balaban J connectivity index is 2.07. The molecule has 0 aromatic heterocycles. The van der Waals surface area contributed by atoms with Crippen LogP contribution in [0.25, 0.3) is 0 Å². The first kappa shape index (κ1) is 30.0. The van der Waals surface area contributed by atoms with Crippen molar-refractivity contribution in [1.82, 2.24) is 9.80 Å². The van der Waals surface area contributed by atoms with Gasteiger partial charge in [-0.3, -0.25) is 9.69 Å². The quantitative estimate of drug-likeness (QED) is 0.486. The highest BCUT2D eigenvalue weighted by molar-refractivity contribution is 7.91. The predicted octanol–water partition coefficient (Wildman–Crippen LogP) is 3.68. The Kier molecular flexibility index (Phi) is 8.69. The van der Waals surface area contributed by atoms with Crippen LogP contribution in [-0.4, -0.2) is 74.3 Å². The van der Waals surface area contributed by atoms with Gasteiger partial charge in [-0.05, 0) is 29.8 Å². The molecule has 0 radical (unpaired) electrons. The molecule has 2 aromatic rings. The Hall–Kier alpha value is -3.54. The molecule has 39 heavy (non-hydrogen) atoms. The molecule has 0 spiro atoms. The van der Waals surface area contributed by atoms with E-state index in [4.69, 9.17) is 22.4 Å². The molecule has 10 nitrogen and oxygen atoms in total. The standard InChI is InChI=1S/C24H25ClF3N5O5S/c1-3-39(37,38)19-5-4-14(12-29)10-18(19)31(2)22(34)15-11-17(24(26,27)28)16(20(25)21(15)30)13-32-6-8-33(9-7-32)23(35)36/h4-5,10-11H,3,6-9,13,30H2,1-2H3,(H,35,36). The van der Waals surface area contributed by atoms with Crippen molar-refractivity contribution in [3.63, 3.8) is 0 Å². The number of piperazine rings is 1. The van der Waals surface area contributed by atoms with Crippen molar-refractivity contribution in [2.24, 2.45) is 0 Å². The summed E-state index contributed by atoms with van der Waals surface area (Å²) in [6.07, 6.45) is -6.06. The summed E-state index contributed by atoms with van der Waals surface area (Å²) < 4.78 is 67.8. The molecule has 210 valence electrons. The van der Waals surface area contributed by atoms with Crippen LogP contribution in [0.2, 0.25) is 5.02 Å². The van der Waals surface area contributed by atoms with E-state index in [0.717, 1.165) is 29.0 Å². The second kappa shape index (κ2) is 11.3. The van der Waals surface area contributed by atoms with Gasteiger partial charge in [0.15, 0.2) is 9.84 Å². The van der Waals surface area contributed by atoms with E-state index in [1.165, 1.54) is 13.0 Å². The maximum Gasteiger partial charge on any atom is 0.416 e. The molecular weight excluding hydrogens is 563 g/mol. The highest BCUT2D eigenvalue weighted by atomic mass is 35.5. The number of carbonyl (C=O) groups excluding carboxylic acids is 1. The number of carboxylic acid groups (broad SMARTS) is 1. The number of hydrogen-bond acceptors (Lipinski definition) is 7. The maximum absolute atomic E-state index is 14.2. The summed E-state index contributed by atoms with van der Waals surface area (Å²) in [5.41, 5.74) is 3.28. The minimum Gasteiger partial charge on any atom is -0.465 e. The lowest BCUT2D eigenvalue weighted by Crippen LogP contribution is -2.48. The van der Waals surface area contributed by atoms with E-state index in [-0.39, 0.29) is 60.2 Å². The first-order valence-electron chi connectivity index (χ1n) is 11.6. The van der Waals surface area contributed by atoms with Gasteiger partial charge in [0.05, 0.1) is 49.8 Å². The number of rotatable bonds is 6. The monoisotopic (exact) mass is 587 g/mol. The third kappa shape index (κ3) is 6.21. The van der Waals surface area contributed by atoms with E-state index < -0.39 is 49.9 Å². The molecule has 0 atom stereocenters. The van der Waals surface area contributed by atoms with Gasteiger partial charge in [-0.1, -0.05) is 18.5 Å². The fourth-order valence-corrected chi connectivity index (χ4v) is 5.54. The fraction of sp³-hybridized carbons (Fsp3) is 0.375. The molecule has 3 N–H and O–H groups in total. The summed E-state index contributed by atoms with van der Waals surface area (Å²) in [5.74, 6) is -1.39. The lowest BCUT2D eigenvalue weighted by atomic mass is 9.99. The lowest BCUT2D eigenvalue weighted by molar-refractivity contribution is -0.138. The minimum absolute atomic E-state index is 0.0278. The molecule has 1 aliphatic rings. The smallest absolute Gasteiger partial charge is 0.416 e. The van der Waals surface area contributed by atoms with E-state index >= 15 is 0 Å². The van der Waals surface area contributed by atoms with Crippen molar-refractivity contribution in [3.05, 3.63) is 51.5 Å². The number of benzene rings is 2. The van der Waals surface area contributed by atoms with E-state index in [2.05, 4.69) is 0 Å². The number of alkyl halides is 3. The van der Waals surface area contributed by atoms with E-state index in [0.29, 0.717) is 6.07 Å². The van der Waals surface area contributed by atoms with Crippen molar-refractivity contribution < 1.29 is 36.3 Å². The zero-order chi connectivity index (χ0) is 29.3. The molecule has 1 heterocycles. The van der Waals surface area contributed by atoms with Crippen LogP contribution in [-0.2, 0) is 22.6 Å². The second-order valence-electron chi connectivity index (χ2n) is 8.78. The van der Waals surface area contributed by atoms with E-state index in [1.54, 1.807) is 4.90 Å². The van der Waals surface area contributed by atoms with Gasteiger partial charge in [0.1, 0.15) is 0 Å². The molecule has 2 aromatic carbocycles. The van der Waals surface area contributed by atoms with Crippen molar-refractivity contribution >= 4 is 44.8 Å². The van der Waals surface area contributed by atoms with Crippen LogP contribution in [0.15, 0.2) is 29.2 Å². The normalized spacial score (nSPS) is 14.6. The van der Waals surface area contributed by atoms with Gasteiger partial charge < -0.3 is 20.6 Å². The first-order valence-corrected chi connectivity index (χ1v) is 13.6. The third-order valence-electron chi connectivity index (χ3n) is 6.43. The average molecular weight is 588 g/mol. The van der Waals surface area contributed by atoms with E-state index in [1.807, 2.05) is 6.07 Å². The number of hydrogen-bond donors (Lipinski definition) is 2. The third-order valence-corrected chi connectivity index (χ3v) is 8.64. The number of nitrogens with zero attached hydrogens (tertiary/aromatic N) is 4. The summed E-state index contributed by atoms with van der Waals surface area (Å²) in [4.78, 5) is 27.8. The lowest BCUT2D eigenvalue weighted by Gasteiger charge is -2.34. The molecule has 0 saturated carbocycles. The number of carbonyl (C=O) groups is 2. The minimum atomic E-state index is -4.93. The molecule has 15 heteroatoms. The number of sulfone groups is 1. The van der Waals surface area contributed by atoms with Crippen LogP contribution >= 0.6 is 11.6 Å². The van der Waals surface area contributed by atoms with Gasteiger partial charge in [-0.25, -0.2) is 13.2 Å². The molecule has 0 unspecified atom stereocenters. The Morgan fingerprint density at radius 1 is 1.21 bits per heavy atom. The maximum atomic E-state index is 14.2. The molecule has 1 aliphatic heterocycles. The topological polar surface area (TPSA) is 148 Å².